The number of amides is 1. The van der Waals surface area contributed by atoms with Gasteiger partial charge < -0.3 is 20.5 Å². The zero-order valence-electron chi connectivity index (χ0n) is 9.25. The van der Waals surface area contributed by atoms with Crippen molar-refractivity contribution in [3.05, 3.63) is 0 Å². The van der Waals surface area contributed by atoms with Crippen molar-refractivity contribution >= 4 is 5.91 Å². The number of hydrogen-bond acceptors (Lipinski definition) is 4. The van der Waals surface area contributed by atoms with Crippen LogP contribution in [-0.2, 0) is 14.3 Å². The Labute approximate surface area is 93.3 Å². The van der Waals surface area contributed by atoms with Crippen molar-refractivity contribution < 1.29 is 23.0 Å². The molecule has 0 radical (unpaired) electrons. The van der Waals surface area contributed by atoms with E-state index < -0.39 is 13.0 Å². The molecule has 0 aliphatic rings. The topological polar surface area (TPSA) is 73.6 Å². The summed E-state index contributed by atoms with van der Waals surface area (Å²) in [4.78, 5) is 11.2. The average molecular weight is 240 g/mol. The molecule has 1 unspecified atom stereocenters. The average Bonchev–Trinajstić information content (AvgIpc) is 2.25. The lowest BCUT2D eigenvalue weighted by atomic mass is 10.2. The molecule has 96 valence electrons. The molecule has 0 aliphatic heterocycles. The molecule has 0 aliphatic carbocycles. The Kier molecular flexibility index (Phi) is 8.97. The van der Waals surface area contributed by atoms with Crippen LogP contribution in [0.25, 0.3) is 0 Å². The monoisotopic (exact) mass is 240 g/mol. The predicted octanol–water partition coefficient (Wildman–Crippen LogP) is -0.252. The number of methoxy groups -OCH3 is 1. The lowest BCUT2D eigenvalue weighted by Crippen LogP contribution is -2.34. The molecule has 0 bridgehead atoms. The fraction of sp³-hybridized carbons (Fsp3) is 0.889. The van der Waals surface area contributed by atoms with E-state index >= 15 is 0 Å². The van der Waals surface area contributed by atoms with Gasteiger partial charge in [0.05, 0.1) is 19.1 Å². The SMILES string of the molecule is COC(CN)CC(=O)NCCOCC(F)F. The summed E-state index contributed by atoms with van der Waals surface area (Å²) < 4.78 is 32.8. The molecule has 0 rings (SSSR count). The van der Waals surface area contributed by atoms with E-state index in [4.69, 9.17) is 10.5 Å². The smallest absolute Gasteiger partial charge is 0.261 e. The Morgan fingerprint density at radius 2 is 2.19 bits per heavy atom. The summed E-state index contributed by atoms with van der Waals surface area (Å²) in [6.07, 6.45) is -2.64. The largest absolute Gasteiger partial charge is 0.380 e. The normalized spacial score (nSPS) is 12.8. The molecule has 16 heavy (non-hydrogen) atoms. The minimum atomic E-state index is -2.48. The van der Waals surface area contributed by atoms with Gasteiger partial charge in [-0.3, -0.25) is 4.79 Å². The molecule has 1 atom stereocenters. The van der Waals surface area contributed by atoms with Gasteiger partial charge in [-0.15, -0.1) is 0 Å². The van der Waals surface area contributed by atoms with Crippen LogP contribution in [0.2, 0.25) is 0 Å². The van der Waals surface area contributed by atoms with Crippen LogP contribution in [0.3, 0.4) is 0 Å². The maximum absolute atomic E-state index is 11.6. The van der Waals surface area contributed by atoms with Crippen molar-refractivity contribution in [1.29, 1.82) is 0 Å². The lowest BCUT2D eigenvalue weighted by Gasteiger charge is -2.12. The van der Waals surface area contributed by atoms with Crippen LogP contribution in [0.15, 0.2) is 0 Å². The Hall–Kier alpha value is -0.790. The molecular weight excluding hydrogens is 222 g/mol. The van der Waals surface area contributed by atoms with Crippen LogP contribution < -0.4 is 11.1 Å². The summed E-state index contributed by atoms with van der Waals surface area (Å²) in [7, 11) is 1.47. The fourth-order valence-electron chi connectivity index (χ4n) is 0.977. The molecule has 5 nitrogen and oxygen atoms in total. The molecule has 0 fully saturated rings. The third-order valence-corrected chi connectivity index (χ3v) is 1.82. The zero-order chi connectivity index (χ0) is 12.4. The molecule has 0 spiro atoms. The third-order valence-electron chi connectivity index (χ3n) is 1.82. The van der Waals surface area contributed by atoms with Gasteiger partial charge in [-0.25, -0.2) is 8.78 Å². The summed E-state index contributed by atoms with van der Waals surface area (Å²) >= 11 is 0. The Bertz CT molecular complexity index is 190. The van der Waals surface area contributed by atoms with Crippen LogP contribution >= 0.6 is 0 Å². The number of nitrogens with one attached hydrogen (secondary N) is 1. The van der Waals surface area contributed by atoms with E-state index in [9.17, 15) is 13.6 Å². The van der Waals surface area contributed by atoms with Crippen LogP contribution in [0, 0.1) is 0 Å². The molecule has 3 N–H and O–H groups in total. The van der Waals surface area contributed by atoms with Gasteiger partial charge >= 0.3 is 0 Å². The van der Waals surface area contributed by atoms with Crippen molar-refractivity contribution in [3.8, 4) is 0 Å². The van der Waals surface area contributed by atoms with Gasteiger partial charge in [0.15, 0.2) is 0 Å². The highest BCUT2D eigenvalue weighted by Crippen LogP contribution is 1.94. The fourth-order valence-corrected chi connectivity index (χ4v) is 0.977. The summed E-state index contributed by atoms with van der Waals surface area (Å²) in [6, 6.07) is 0. The van der Waals surface area contributed by atoms with Crippen LogP contribution in [0.1, 0.15) is 6.42 Å². The Morgan fingerprint density at radius 1 is 1.50 bits per heavy atom. The van der Waals surface area contributed by atoms with Crippen LogP contribution in [-0.4, -0.2) is 51.8 Å². The molecule has 1 amide bonds. The number of hydrogen-bond donors (Lipinski definition) is 2. The van der Waals surface area contributed by atoms with Gasteiger partial charge in [-0.05, 0) is 0 Å². The van der Waals surface area contributed by atoms with Gasteiger partial charge in [0.2, 0.25) is 5.91 Å². The van der Waals surface area contributed by atoms with Gasteiger partial charge in [0.1, 0.15) is 6.61 Å². The van der Waals surface area contributed by atoms with E-state index in [1.165, 1.54) is 7.11 Å². The summed E-state index contributed by atoms with van der Waals surface area (Å²) in [5.41, 5.74) is 5.33. The first kappa shape index (κ1) is 15.2. The molecule has 0 aromatic carbocycles. The minimum Gasteiger partial charge on any atom is -0.380 e. The van der Waals surface area contributed by atoms with E-state index in [0.29, 0.717) is 0 Å². The molecule has 0 aromatic heterocycles. The second-order valence-electron chi connectivity index (χ2n) is 3.11. The number of carbonyl (C=O) groups is 1. The van der Waals surface area contributed by atoms with Gasteiger partial charge in [-0.2, -0.15) is 0 Å². The van der Waals surface area contributed by atoms with E-state index in [1.54, 1.807) is 0 Å². The molecule has 7 heteroatoms. The number of nitrogens with two attached hydrogens (primary N) is 1. The maximum atomic E-state index is 11.6. The number of ether oxygens (including phenoxy) is 2. The molecule has 0 saturated heterocycles. The molecule has 0 heterocycles. The molecule has 0 saturated carbocycles. The van der Waals surface area contributed by atoms with Crippen molar-refractivity contribution in [2.24, 2.45) is 5.73 Å². The van der Waals surface area contributed by atoms with Gasteiger partial charge in [-0.1, -0.05) is 0 Å². The zero-order valence-corrected chi connectivity index (χ0v) is 9.25. The van der Waals surface area contributed by atoms with Gasteiger partial charge in [0, 0.05) is 20.2 Å². The van der Waals surface area contributed by atoms with Crippen molar-refractivity contribution in [2.75, 3.05) is 33.4 Å². The van der Waals surface area contributed by atoms with Crippen molar-refractivity contribution in [3.63, 3.8) is 0 Å². The quantitative estimate of drug-likeness (QED) is 0.545. The van der Waals surface area contributed by atoms with Crippen LogP contribution in [0.5, 0.6) is 0 Å². The summed E-state index contributed by atoms with van der Waals surface area (Å²) in [5, 5.41) is 2.51. The van der Waals surface area contributed by atoms with E-state index in [-0.39, 0.29) is 38.1 Å². The maximum Gasteiger partial charge on any atom is 0.261 e. The molecule has 0 aromatic rings. The second kappa shape index (κ2) is 9.44. The predicted molar refractivity (Wildman–Crippen MR) is 54.3 cm³/mol. The highest BCUT2D eigenvalue weighted by Gasteiger charge is 2.10. The first-order chi connectivity index (χ1) is 7.60. The third kappa shape index (κ3) is 8.51. The first-order valence-electron chi connectivity index (χ1n) is 4.95. The van der Waals surface area contributed by atoms with E-state index in [0.717, 1.165) is 0 Å². The first-order valence-corrected chi connectivity index (χ1v) is 4.95. The Balaban J connectivity index is 3.43. The number of carbonyl (C=O) groups excluding carboxylic acids is 1. The highest BCUT2D eigenvalue weighted by molar-refractivity contribution is 5.76. The number of alkyl halides is 2. The molecular formula is C9H18F2N2O3. The standard InChI is InChI=1S/C9H18F2N2O3/c1-15-7(5-12)4-9(14)13-2-3-16-6-8(10)11/h7-8H,2-6,12H2,1H3,(H,13,14). The highest BCUT2D eigenvalue weighted by atomic mass is 19.3. The lowest BCUT2D eigenvalue weighted by molar-refractivity contribution is -0.123. The number of rotatable bonds is 9. The van der Waals surface area contributed by atoms with Gasteiger partial charge in [0.25, 0.3) is 6.43 Å². The number of halogens is 2. The summed E-state index contributed by atoms with van der Waals surface area (Å²) in [5.74, 6) is -0.238. The van der Waals surface area contributed by atoms with Crippen molar-refractivity contribution in [1.82, 2.24) is 5.32 Å². The summed E-state index contributed by atoms with van der Waals surface area (Å²) in [6.45, 7) is -0.0892. The second-order valence-corrected chi connectivity index (χ2v) is 3.11. The van der Waals surface area contributed by atoms with Crippen molar-refractivity contribution in [2.45, 2.75) is 19.0 Å². The minimum absolute atomic E-state index is 0.0658. The van der Waals surface area contributed by atoms with E-state index in [1.807, 2.05) is 0 Å². The Morgan fingerprint density at radius 3 is 2.69 bits per heavy atom. The van der Waals surface area contributed by atoms with E-state index in [2.05, 4.69) is 10.1 Å². The van der Waals surface area contributed by atoms with Crippen LogP contribution in [0.4, 0.5) is 8.78 Å².